The molecule has 88 valence electrons. The minimum Gasteiger partial charge on any atom is -0.316 e. The van der Waals surface area contributed by atoms with Gasteiger partial charge in [0.15, 0.2) is 9.84 Å². The van der Waals surface area contributed by atoms with E-state index in [4.69, 9.17) is 0 Å². The van der Waals surface area contributed by atoms with E-state index in [-0.39, 0.29) is 0 Å². The Hall–Kier alpha value is -0.870. The summed E-state index contributed by atoms with van der Waals surface area (Å²) in [6.07, 6.45) is 3.62. The van der Waals surface area contributed by atoms with E-state index < -0.39 is 9.84 Å². The van der Waals surface area contributed by atoms with Crippen molar-refractivity contribution >= 4 is 9.84 Å². The molecule has 0 saturated carbocycles. The lowest BCUT2D eigenvalue weighted by atomic mass is 9.92. The zero-order valence-corrected chi connectivity index (χ0v) is 10.3. The molecule has 1 aromatic carbocycles. The molecular formula is C12H17NO2S. The molecule has 1 unspecified atom stereocenters. The van der Waals surface area contributed by atoms with E-state index in [0.717, 1.165) is 13.1 Å². The van der Waals surface area contributed by atoms with Crippen molar-refractivity contribution in [3.8, 4) is 0 Å². The van der Waals surface area contributed by atoms with Crippen LogP contribution in [0.4, 0.5) is 0 Å². The van der Waals surface area contributed by atoms with Gasteiger partial charge < -0.3 is 5.32 Å². The topological polar surface area (TPSA) is 46.2 Å². The minimum atomic E-state index is -3.07. The summed E-state index contributed by atoms with van der Waals surface area (Å²) in [4.78, 5) is 0.403. The van der Waals surface area contributed by atoms with E-state index in [1.165, 1.54) is 24.7 Å². The van der Waals surface area contributed by atoms with E-state index in [2.05, 4.69) is 5.32 Å². The third kappa shape index (κ3) is 2.62. The van der Waals surface area contributed by atoms with Gasteiger partial charge in [-0.05, 0) is 43.0 Å². The maximum atomic E-state index is 11.3. The van der Waals surface area contributed by atoms with Crippen LogP contribution < -0.4 is 5.32 Å². The molecule has 0 amide bonds. The maximum absolute atomic E-state index is 11.3. The largest absolute Gasteiger partial charge is 0.316 e. The van der Waals surface area contributed by atoms with Crippen LogP contribution >= 0.6 is 0 Å². The number of nitrogens with one attached hydrogen (secondary N) is 1. The van der Waals surface area contributed by atoms with Crippen LogP contribution in [-0.2, 0) is 9.84 Å². The number of benzene rings is 1. The second-order valence-electron chi connectivity index (χ2n) is 4.38. The molecule has 1 heterocycles. The Labute approximate surface area is 96.8 Å². The highest BCUT2D eigenvalue weighted by Gasteiger charge is 2.15. The molecule has 1 atom stereocenters. The van der Waals surface area contributed by atoms with Crippen molar-refractivity contribution in [3.05, 3.63) is 29.8 Å². The van der Waals surface area contributed by atoms with Gasteiger partial charge in [-0.1, -0.05) is 12.1 Å². The molecule has 1 aliphatic rings. The van der Waals surface area contributed by atoms with Crippen LogP contribution in [0, 0.1) is 0 Å². The molecule has 0 aliphatic carbocycles. The molecule has 1 aromatic rings. The molecule has 0 radical (unpaired) electrons. The Balaban J connectivity index is 2.18. The third-order valence-electron chi connectivity index (χ3n) is 3.08. The van der Waals surface area contributed by atoms with Crippen molar-refractivity contribution < 1.29 is 8.42 Å². The monoisotopic (exact) mass is 239 g/mol. The summed E-state index contributed by atoms with van der Waals surface area (Å²) in [5, 5.41) is 3.36. The number of hydrogen-bond acceptors (Lipinski definition) is 3. The van der Waals surface area contributed by atoms with Gasteiger partial charge in [-0.3, -0.25) is 0 Å². The van der Waals surface area contributed by atoms with E-state index in [1.54, 1.807) is 12.1 Å². The van der Waals surface area contributed by atoms with Gasteiger partial charge in [0.2, 0.25) is 0 Å². The van der Waals surface area contributed by atoms with Crippen LogP contribution in [0.2, 0.25) is 0 Å². The van der Waals surface area contributed by atoms with Gasteiger partial charge >= 0.3 is 0 Å². The van der Waals surface area contributed by atoms with Gasteiger partial charge in [-0.25, -0.2) is 8.42 Å². The van der Waals surface area contributed by atoms with Crippen molar-refractivity contribution in [3.63, 3.8) is 0 Å². The van der Waals surface area contributed by atoms with Crippen LogP contribution in [0.1, 0.15) is 24.3 Å². The molecule has 0 spiro atoms. The Kier molecular flexibility index (Phi) is 3.30. The van der Waals surface area contributed by atoms with Crippen LogP contribution in [0.5, 0.6) is 0 Å². The summed E-state index contributed by atoms with van der Waals surface area (Å²) in [6.45, 7) is 2.09. The van der Waals surface area contributed by atoms with Crippen molar-refractivity contribution in [2.75, 3.05) is 19.3 Å². The maximum Gasteiger partial charge on any atom is 0.175 e. The molecular weight excluding hydrogens is 222 g/mol. The zero-order chi connectivity index (χ0) is 11.6. The van der Waals surface area contributed by atoms with Gasteiger partial charge in [-0.2, -0.15) is 0 Å². The van der Waals surface area contributed by atoms with E-state index in [9.17, 15) is 8.42 Å². The van der Waals surface area contributed by atoms with E-state index >= 15 is 0 Å². The van der Waals surface area contributed by atoms with Gasteiger partial charge in [0.05, 0.1) is 4.90 Å². The average molecular weight is 239 g/mol. The first kappa shape index (κ1) is 11.6. The van der Waals surface area contributed by atoms with Crippen molar-refractivity contribution in [2.45, 2.75) is 23.7 Å². The Bertz CT molecular complexity index is 444. The predicted octanol–water partition coefficient (Wildman–Crippen LogP) is 1.56. The van der Waals surface area contributed by atoms with Crippen LogP contribution in [-0.4, -0.2) is 27.8 Å². The first-order valence-corrected chi connectivity index (χ1v) is 7.47. The lowest BCUT2D eigenvalue weighted by Gasteiger charge is -2.23. The number of sulfone groups is 1. The molecule has 2 rings (SSSR count). The molecule has 1 N–H and O–H groups in total. The Morgan fingerprint density at radius 1 is 1.25 bits per heavy atom. The zero-order valence-electron chi connectivity index (χ0n) is 9.44. The number of piperidine rings is 1. The smallest absolute Gasteiger partial charge is 0.175 e. The first-order valence-electron chi connectivity index (χ1n) is 5.58. The minimum absolute atomic E-state index is 0.403. The predicted molar refractivity (Wildman–Crippen MR) is 64.4 cm³/mol. The lowest BCUT2D eigenvalue weighted by molar-refractivity contribution is 0.461. The number of hydrogen-bond donors (Lipinski definition) is 1. The second kappa shape index (κ2) is 4.55. The Morgan fingerprint density at radius 2 is 1.94 bits per heavy atom. The molecule has 1 fully saturated rings. The third-order valence-corrected chi connectivity index (χ3v) is 4.21. The van der Waals surface area contributed by atoms with Crippen LogP contribution in [0.25, 0.3) is 0 Å². The molecule has 16 heavy (non-hydrogen) atoms. The standard InChI is InChI=1S/C12H17NO2S/c1-16(14,15)12-6-4-10(5-7-12)11-3-2-8-13-9-11/h4-7,11,13H,2-3,8-9H2,1H3. The number of rotatable bonds is 2. The summed E-state index contributed by atoms with van der Waals surface area (Å²) >= 11 is 0. The fourth-order valence-electron chi connectivity index (χ4n) is 2.12. The summed E-state index contributed by atoms with van der Waals surface area (Å²) in [5.41, 5.74) is 1.24. The van der Waals surface area contributed by atoms with Crippen molar-refractivity contribution in [2.24, 2.45) is 0 Å². The van der Waals surface area contributed by atoms with Gasteiger partial charge in [-0.15, -0.1) is 0 Å². The molecule has 0 aromatic heterocycles. The normalized spacial score (nSPS) is 21.9. The highest BCUT2D eigenvalue weighted by atomic mass is 32.2. The fraction of sp³-hybridized carbons (Fsp3) is 0.500. The van der Waals surface area contributed by atoms with Gasteiger partial charge in [0.1, 0.15) is 0 Å². The van der Waals surface area contributed by atoms with Crippen LogP contribution in [0.15, 0.2) is 29.2 Å². The summed E-state index contributed by atoms with van der Waals surface area (Å²) in [5.74, 6) is 0.530. The van der Waals surface area contributed by atoms with Gasteiger partial charge in [0, 0.05) is 12.8 Å². The van der Waals surface area contributed by atoms with Crippen LogP contribution in [0.3, 0.4) is 0 Å². The molecule has 4 heteroatoms. The summed E-state index contributed by atoms with van der Waals surface area (Å²) < 4.78 is 22.6. The SMILES string of the molecule is CS(=O)(=O)c1ccc(C2CCCNC2)cc1. The highest BCUT2D eigenvalue weighted by Crippen LogP contribution is 2.24. The fourth-order valence-corrected chi connectivity index (χ4v) is 2.75. The molecule has 1 aliphatic heterocycles. The first-order chi connectivity index (χ1) is 7.57. The van der Waals surface area contributed by atoms with E-state index in [0.29, 0.717) is 10.8 Å². The lowest BCUT2D eigenvalue weighted by Crippen LogP contribution is -2.28. The molecule has 0 bridgehead atoms. The summed E-state index contributed by atoms with van der Waals surface area (Å²) in [6, 6.07) is 7.29. The van der Waals surface area contributed by atoms with Crippen molar-refractivity contribution in [1.29, 1.82) is 0 Å². The molecule has 3 nitrogen and oxygen atoms in total. The Morgan fingerprint density at radius 3 is 2.44 bits per heavy atom. The van der Waals surface area contributed by atoms with E-state index in [1.807, 2.05) is 12.1 Å². The highest BCUT2D eigenvalue weighted by molar-refractivity contribution is 7.90. The van der Waals surface area contributed by atoms with Crippen molar-refractivity contribution in [1.82, 2.24) is 5.32 Å². The second-order valence-corrected chi connectivity index (χ2v) is 6.40. The summed E-state index contributed by atoms with van der Waals surface area (Å²) in [7, 11) is -3.07. The quantitative estimate of drug-likeness (QED) is 0.852. The van der Waals surface area contributed by atoms with Gasteiger partial charge in [0.25, 0.3) is 0 Å². The average Bonchev–Trinajstić information content (AvgIpc) is 2.29. The molecule has 1 saturated heterocycles.